The van der Waals surface area contributed by atoms with Gasteiger partial charge in [-0.05, 0) is 18.2 Å². The van der Waals surface area contributed by atoms with Crippen LogP contribution in [0.15, 0.2) is 24.4 Å². The number of hydrogen-bond donors (Lipinski definition) is 4. The molecule has 1 aromatic carbocycles. The summed E-state index contributed by atoms with van der Waals surface area (Å²) in [4.78, 5) is 29.6. The van der Waals surface area contributed by atoms with Crippen molar-refractivity contribution in [1.29, 1.82) is 0 Å². The zero-order valence-corrected chi connectivity index (χ0v) is 16.5. The first-order valence-electron chi connectivity index (χ1n) is 8.75. The molecule has 32 heavy (non-hydrogen) atoms. The number of imidazole rings is 1. The number of carboxylic acid groups (broad SMARTS) is 1. The van der Waals surface area contributed by atoms with Gasteiger partial charge in [-0.25, -0.2) is 18.6 Å². The van der Waals surface area contributed by atoms with E-state index in [4.69, 9.17) is 16.7 Å². The second kappa shape index (κ2) is 8.94. The number of nitrogens with zero attached hydrogens (tertiary/aromatic N) is 2. The Labute approximate surface area is 180 Å². The van der Waals surface area contributed by atoms with Crippen LogP contribution in [0.3, 0.4) is 0 Å². The summed E-state index contributed by atoms with van der Waals surface area (Å²) in [7, 11) is 0. The lowest BCUT2D eigenvalue weighted by Crippen LogP contribution is -2.14. The maximum Gasteiger partial charge on any atom is 0.435 e. The van der Waals surface area contributed by atoms with E-state index in [0.717, 1.165) is 6.20 Å². The second-order valence-electron chi connectivity index (χ2n) is 6.51. The van der Waals surface area contributed by atoms with E-state index >= 15 is 0 Å². The summed E-state index contributed by atoms with van der Waals surface area (Å²) < 4.78 is 65.0. The van der Waals surface area contributed by atoms with Gasteiger partial charge >= 0.3 is 12.1 Å². The van der Waals surface area contributed by atoms with Crippen LogP contribution in [0.4, 0.5) is 27.6 Å². The number of alkyl halides is 5. The predicted molar refractivity (Wildman–Crippen MR) is 101 cm³/mol. The molecule has 0 aliphatic heterocycles. The molecule has 1 amide bonds. The quantitative estimate of drug-likeness (QED) is 0.381. The number of halogens is 6. The van der Waals surface area contributed by atoms with Gasteiger partial charge in [-0.15, -0.1) is 0 Å². The Hall–Kier alpha value is -3.48. The fourth-order valence-electron chi connectivity index (χ4n) is 2.86. The van der Waals surface area contributed by atoms with Gasteiger partial charge < -0.3 is 15.4 Å². The lowest BCUT2D eigenvalue weighted by atomic mass is 10.1. The van der Waals surface area contributed by atoms with Crippen LogP contribution in [0.2, 0.25) is 5.02 Å². The summed E-state index contributed by atoms with van der Waals surface area (Å²) in [5.41, 5.74) is -2.16. The van der Waals surface area contributed by atoms with Gasteiger partial charge in [0.25, 0.3) is 5.91 Å². The number of anilines is 1. The maximum absolute atomic E-state index is 13.2. The summed E-state index contributed by atoms with van der Waals surface area (Å²) in [5, 5.41) is 16.3. The van der Waals surface area contributed by atoms with Gasteiger partial charge in [0.05, 0.1) is 17.0 Å². The molecule has 0 saturated carbocycles. The third-order valence-electron chi connectivity index (χ3n) is 4.25. The number of aromatic carboxylic acids is 1. The number of carbonyl (C=O) groups is 2. The van der Waals surface area contributed by atoms with E-state index in [2.05, 4.69) is 20.4 Å². The monoisotopic (exact) mass is 477 g/mol. The van der Waals surface area contributed by atoms with Crippen LogP contribution in [-0.2, 0) is 19.0 Å². The van der Waals surface area contributed by atoms with Crippen LogP contribution in [0.5, 0.6) is 0 Å². The number of benzene rings is 1. The highest BCUT2D eigenvalue weighted by Crippen LogP contribution is 2.33. The van der Waals surface area contributed by atoms with Crippen LogP contribution in [0, 0.1) is 0 Å². The average Bonchev–Trinajstić information content (AvgIpc) is 3.29. The van der Waals surface area contributed by atoms with E-state index in [1.54, 1.807) is 0 Å². The second-order valence-corrected chi connectivity index (χ2v) is 6.92. The number of hydrogen-bond acceptors (Lipinski definition) is 4. The van der Waals surface area contributed by atoms with Gasteiger partial charge in [0, 0.05) is 35.3 Å². The topological polar surface area (TPSA) is 124 Å². The van der Waals surface area contributed by atoms with E-state index < -0.39 is 48.6 Å². The van der Waals surface area contributed by atoms with Crippen molar-refractivity contribution in [2.24, 2.45) is 0 Å². The number of carbonyl (C=O) groups excluding carboxylic acids is 1. The summed E-state index contributed by atoms with van der Waals surface area (Å²) in [5.74, 6) is -2.32. The van der Waals surface area contributed by atoms with Gasteiger partial charge in [0.15, 0.2) is 11.5 Å². The number of amides is 1. The Morgan fingerprint density at radius 3 is 2.56 bits per heavy atom. The van der Waals surface area contributed by atoms with Crippen molar-refractivity contribution in [3.05, 3.63) is 63.5 Å². The Balaban J connectivity index is 1.79. The Morgan fingerprint density at radius 2 is 1.97 bits per heavy atom. The van der Waals surface area contributed by atoms with Crippen molar-refractivity contribution < 1.29 is 36.6 Å². The van der Waals surface area contributed by atoms with Crippen molar-refractivity contribution in [2.45, 2.75) is 25.4 Å². The van der Waals surface area contributed by atoms with Gasteiger partial charge in [-0.1, -0.05) is 11.6 Å². The predicted octanol–water partition coefficient (Wildman–Crippen LogP) is 4.15. The molecule has 0 aliphatic carbocycles. The SMILES string of the molecule is O=C(Nc1ccc(C(=O)O)c(Cl)c1)c1ncc(Cc2c(C(F)(F)F)n[nH]c2CC(F)F)[nH]1. The fraction of sp³-hybridized carbons (Fsp3) is 0.222. The highest BCUT2D eigenvalue weighted by atomic mass is 35.5. The minimum atomic E-state index is -4.87. The standard InChI is InChI=1S/C18H13ClF5N5O3/c19-11-4-7(1-2-9(11)17(31)32)27-16(30)15-25-6-8(26-15)3-10-12(5-13(20)21)28-29-14(10)18(22,23)24/h1-2,4,6,13H,3,5H2,(H,25,26)(H,27,30)(H,28,29)(H,31,32). The third kappa shape index (κ3) is 5.22. The average molecular weight is 478 g/mol. The van der Waals surface area contributed by atoms with Crippen molar-refractivity contribution in [3.8, 4) is 0 Å². The number of aromatic nitrogens is 4. The molecule has 0 spiro atoms. The largest absolute Gasteiger partial charge is 0.478 e. The Morgan fingerprint density at radius 1 is 1.25 bits per heavy atom. The first kappa shape index (κ1) is 23.2. The van der Waals surface area contributed by atoms with Crippen molar-refractivity contribution in [2.75, 3.05) is 5.32 Å². The first-order chi connectivity index (χ1) is 15.0. The molecule has 4 N–H and O–H groups in total. The van der Waals surface area contributed by atoms with Crippen LogP contribution in [-0.4, -0.2) is 43.6 Å². The molecule has 0 bridgehead atoms. The molecule has 3 aromatic rings. The molecule has 8 nitrogen and oxygen atoms in total. The lowest BCUT2D eigenvalue weighted by molar-refractivity contribution is -0.141. The van der Waals surface area contributed by atoms with E-state index in [9.17, 15) is 31.5 Å². The van der Waals surface area contributed by atoms with E-state index in [1.165, 1.54) is 18.2 Å². The molecule has 0 unspecified atom stereocenters. The minimum absolute atomic E-state index is 0.0526. The summed E-state index contributed by atoms with van der Waals surface area (Å²) in [6.07, 6.45) is -8.10. The molecule has 0 saturated heterocycles. The van der Waals surface area contributed by atoms with Gasteiger partial charge in [-0.3, -0.25) is 9.89 Å². The molecule has 0 aliphatic rings. The number of aromatic amines is 2. The molecular formula is C18H13ClF5N5O3. The highest BCUT2D eigenvalue weighted by molar-refractivity contribution is 6.33. The summed E-state index contributed by atoms with van der Waals surface area (Å²) >= 11 is 5.83. The lowest BCUT2D eigenvalue weighted by Gasteiger charge is -2.08. The molecule has 2 heterocycles. The third-order valence-corrected chi connectivity index (χ3v) is 4.56. The first-order valence-corrected chi connectivity index (χ1v) is 9.13. The molecular weight excluding hydrogens is 465 g/mol. The number of carboxylic acids is 1. The zero-order chi connectivity index (χ0) is 23.6. The highest BCUT2D eigenvalue weighted by Gasteiger charge is 2.38. The van der Waals surface area contributed by atoms with Crippen molar-refractivity contribution in [3.63, 3.8) is 0 Å². The van der Waals surface area contributed by atoms with Crippen LogP contribution in [0.1, 0.15) is 43.6 Å². The van der Waals surface area contributed by atoms with Crippen molar-refractivity contribution in [1.82, 2.24) is 20.2 Å². The molecule has 14 heteroatoms. The van der Waals surface area contributed by atoms with Crippen molar-refractivity contribution >= 4 is 29.2 Å². The number of nitrogens with one attached hydrogen (secondary N) is 3. The number of H-pyrrole nitrogens is 2. The normalized spacial score (nSPS) is 11.7. The molecule has 0 fully saturated rings. The van der Waals surface area contributed by atoms with Crippen LogP contribution in [0.25, 0.3) is 0 Å². The smallest absolute Gasteiger partial charge is 0.435 e. The van der Waals surface area contributed by atoms with Gasteiger partial charge in [-0.2, -0.15) is 18.3 Å². The molecule has 0 atom stereocenters. The van der Waals surface area contributed by atoms with Crippen LogP contribution < -0.4 is 5.32 Å². The Kier molecular flexibility index (Phi) is 6.48. The van der Waals surface area contributed by atoms with E-state index in [-0.39, 0.29) is 33.5 Å². The number of rotatable bonds is 7. The molecule has 3 rings (SSSR count). The van der Waals surface area contributed by atoms with E-state index in [1.807, 2.05) is 5.10 Å². The summed E-state index contributed by atoms with van der Waals surface area (Å²) in [6.45, 7) is 0. The minimum Gasteiger partial charge on any atom is -0.478 e. The zero-order valence-electron chi connectivity index (χ0n) is 15.7. The molecule has 170 valence electrons. The maximum atomic E-state index is 13.2. The van der Waals surface area contributed by atoms with Crippen LogP contribution >= 0.6 is 11.6 Å². The van der Waals surface area contributed by atoms with E-state index in [0.29, 0.717) is 0 Å². The molecule has 0 radical (unpaired) electrons. The molecule has 2 aromatic heterocycles. The van der Waals surface area contributed by atoms with Gasteiger partial charge in [0.1, 0.15) is 0 Å². The van der Waals surface area contributed by atoms with Gasteiger partial charge in [0.2, 0.25) is 6.43 Å². The Bertz CT molecular complexity index is 1160. The fourth-order valence-corrected chi connectivity index (χ4v) is 3.12. The summed E-state index contributed by atoms with van der Waals surface area (Å²) in [6, 6.07) is 3.66.